The molecule has 0 aliphatic carbocycles. The van der Waals surface area contributed by atoms with Gasteiger partial charge in [-0.25, -0.2) is 0 Å². The van der Waals surface area contributed by atoms with Gasteiger partial charge in [0.2, 0.25) is 0 Å². The Morgan fingerprint density at radius 1 is 1.29 bits per heavy atom. The molecule has 0 radical (unpaired) electrons. The van der Waals surface area contributed by atoms with E-state index in [1.807, 2.05) is 6.92 Å². The zero-order chi connectivity index (χ0) is 11.0. The van der Waals surface area contributed by atoms with Crippen molar-refractivity contribution in [1.82, 2.24) is 10.6 Å². The van der Waals surface area contributed by atoms with E-state index < -0.39 is 0 Å². The summed E-state index contributed by atoms with van der Waals surface area (Å²) in [4.78, 5) is 0. The van der Waals surface area contributed by atoms with E-state index in [0.29, 0.717) is 6.54 Å². The maximum Gasteiger partial charge on any atom is 0.0760 e. The summed E-state index contributed by atoms with van der Waals surface area (Å²) in [6.45, 7) is 14.7. The molecule has 0 saturated carbocycles. The summed E-state index contributed by atoms with van der Waals surface area (Å²) >= 11 is 0. The predicted molar refractivity (Wildman–Crippen MR) is 62.5 cm³/mol. The normalized spacial score (nSPS) is 8.57. The topological polar surface area (TPSA) is 24.1 Å². The van der Waals surface area contributed by atoms with E-state index in [0.717, 1.165) is 29.9 Å². The second-order valence-corrected chi connectivity index (χ2v) is 3.10. The zero-order valence-corrected chi connectivity index (χ0v) is 8.82. The SMILES string of the molecule is C#CCNC(=C)CCNC(=C)C(=C)C. The van der Waals surface area contributed by atoms with Gasteiger partial charge in [-0.05, 0) is 12.5 Å². The molecule has 0 aliphatic heterocycles. The molecular formula is C12H18N2. The van der Waals surface area contributed by atoms with E-state index in [1.165, 1.54) is 0 Å². The highest BCUT2D eigenvalue weighted by atomic mass is 14.9. The van der Waals surface area contributed by atoms with Crippen molar-refractivity contribution in [3.8, 4) is 12.3 Å². The minimum atomic E-state index is 0.528. The molecule has 0 aromatic rings. The maximum atomic E-state index is 5.10. The van der Waals surface area contributed by atoms with Crippen LogP contribution < -0.4 is 10.6 Å². The van der Waals surface area contributed by atoms with Crippen LogP contribution in [0.5, 0.6) is 0 Å². The minimum absolute atomic E-state index is 0.528. The first-order valence-electron chi connectivity index (χ1n) is 4.51. The van der Waals surface area contributed by atoms with Gasteiger partial charge in [0.15, 0.2) is 0 Å². The van der Waals surface area contributed by atoms with Gasteiger partial charge in [0, 0.05) is 24.4 Å². The fourth-order valence-electron chi connectivity index (χ4n) is 0.780. The van der Waals surface area contributed by atoms with Crippen molar-refractivity contribution in [2.24, 2.45) is 0 Å². The van der Waals surface area contributed by atoms with Crippen molar-refractivity contribution >= 4 is 0 Å². The quantitative estimate of drug-likeness (QED) is 0.472. The van der Waals surface area contributed by atoms with E-state index in [9.17, 15) is 0 Å². The number of hydrogen-bond acceptors (Lipinski definition) is 2. The van der Waals surface area contributed by atoms with Crippen molar-refractivity contribution in [3.05, 3.63) is 36.7 Å². The lowest BCUT2D eigenvalue weighted by atomic mass is 10.2. The highest BCUT2D eigenvalue weighted by molar-refractivity contribution is 5.20. The fourth-order valence-corrected chi connectivity index (χ4v) is 0.780. The van der Waals surface area contributed by atoms with Crippen LogP contribution in [0.2, 0.25) is 0 Å². The summed E-state index contributed by atoms with van der Waals surface area (Å²) in [6.07, 6.45) is 5.93. The second kappa shape index (κ2) is 6.85. The molecule has 0 saturated heterocycles. The Balaban J connectivity index is 3.55. The molecule has 0 atom stereocenters. The Morgan fingerprint density at radius 3 is 2.43 bits per heavy atom. The van der Waals surface area contributed by atoms with Crippen LogP contribution >= 0.6 is 0 Å². The molecule has 0 aromatic carbocycles. The number of nitrogens with one attached hydrogen (secondary N) is 2. The Hall–Kier alpha value is -1.62. The molecule has 0 fully saturated rings. The van der Waals surface area contributed by atoms with E-state index in [2.05, 4.69) is 36.3 Å². The summed E-state index contributed by atoms with van der Waals surface area (Å²) in [6, 6.07) is 0. The third-order valence-electron chi connectivity index (χ3n) is 1.72. The van der Waals surface area contributed by atoms with E-state index in [-0.39, 0.29) is 0 Å². The van der Waals surface area contributed by atoms with Gasteiger partial charge in [-0.2, -0.15) is 0 Å². The van der Waals surface area contributed by atoms with Crippen LogP contribution in [0.25, 0.3) is 0 Å². The molecule has 76 valence electrons. The highest BCUT2D eigenvalue weighted by Gasteiger charge is 1.94. The van der Waals surface area contributed by atoms with Crippen molar-refractivity contribution < 1.29 is 0 Å². The van der Waals surface area contributed by atoms with Gasteiger partial charge < -0.3 is 10.6 Å². The highest BCUT2D eigenvalue weighted by Crippen LogP contribution is 1.99. The van der Waals surface area contributed by atoms with Gasteiger partial charge in [0.25, 0.3) is 0 Å². The average Bonchev–Trinajstić information content (AvgIpc) is 2.14. The first-order chi connectivity index (χ1) is 6.57. The number of terminal acetylenes is 1. The van der Waals surface area contributed by atoms with Gasteiger partial charge in [-0.1, -0.05) is 25.7 Å². The summed E-state index contributed by atoms with van der Waals surface area (Å²) in [7, 11) is 0. The molecular weight excluding hydrogens is 172 g/mol. The fraction of sp³-hybridized carbons (Fsp3) is 0.333. The summed E-state index contributed by atoms with van der Waals surface area (Å²) in [5.41, 5.74) is 2.76. The maximum absolute atomic E-state index is 5.10. The molecule has 2 nitrogen and oxygen atoms in total. The monoisotopic (exact) mass is 190 g/mol. The Morgan fingerprint density at radius 2 is 1.93 bits per heavy atom. The number of hydrogen-bond donors (Lipinski definition) is 2. The number of rotatable bonds is 7. The van der Waals surface area contributed by atoms with Gasteiger partial charge in [-0.3, -0.25) is 0 Å². The van der Waals surface area contributed by atoms with Crippen LogP contribution in [0.4, 0.5) is 0 Å². The predicted octanol–water partition coefficient (Wildman–Crippen LogP) is 1.79. The zero-order valence-electron chi connectivity index (χ0n) is 8.82. The van der Waals surface area contributed by atoms with Crippen LogP contribution in [0.3, 0.4) is 0 Å². The van der Waals surface area contributed by atoms with Crippen LogP contribution in [-0.2, 0) is 0 Å². The van der Waals surface area contributed by atoms with Gasteiger partial charge in [0.1, 0.15) is 0 Å². The number of allylic oxidation sites excluding steroid dienone is 1. The average molecular weight is 190 g/mol. The smallest absolute Gasteiger partial charge is 0.0760 e. The van der Waals surface area contributed by atoms with Crippen molar-refractivity contribution in [2.45, 2.75) is 13.3 Å². The Labute approximate surface area is 86.8 Å². The molecule has 0 unspecified atom stereocenters. The van der Waals surface area contributed by atoms with Gasteiger partial charge in [-0.15, -0.1) is 6.42 Å². The standard InChI is InChI=1S/C12H18N2/c1-6-8-13-11(4)7-9-14-12(5)10(2)3/h1,13-14H,2,4-5,7-9H2,3H3. The first-order valence-corrected chi connectivity index (χ1v) is 4.51. The van der Waals surface area contributed by atoms with Crippen molar-refractivity contribution in [3.63, 3.8) is 0 Å². The summed E-state index contributed by atoms with van der Waals surface area (Å²) in [5.74, 6) is 2.49. The molecule has 0 spiro atoms. The van der Waals surface area contributed by atoms with E-state index >= 15 is 0 Å². The van der Waals surface area contributed by atoms with E-state index in [1.54, 1.807) is 0 Å². The molecule has 14 heavy (non-hydrogen) atoms. The molecule has 0 aliphatic rings. The van der Waals surface area contributed by atoms with Crippen LogP contribution in [-0.4, -0.2) is 13.1 Å². The second-order valence-electron chi connectivity index (χ2n) is 3.10. The van der Waals surface area contributed by atoms with Crippen LogP contribution in [0.15, 0.2) is 36.7 Å². The summed E-state index contributed by atoms with van der Waals surface area (Å²) < 4.78 is 0. The summed E-state index contributed by atoms with van der Waals surface area (Å²) in [5, 5.41) is 6.16. The molecule has 0 amide bonds. The Bertz CT molecular complexity index is 269. The lowest BCUT2D eigenvalue weighted by molar-refractivity contribution is 0.744. The molecule has 0 aromatic heterocycles. The molecule has 2 heteroatoms. The van der Waals surface area contributed by atoms with Crippen LogP contribution in [0.1, 0.15) is 13.3 Å². The lowest BCUT2D eigenvalue weighted by Gasteiger charge is -2.10. The molecule has 0 rings (SSSR count). The van der Waals surface area contributed by atoms with Crippen molar-refractivity contribution in [2.75, 3.05) is 13.1 Å². The van der Waals surface area contributed by atoms with Crippen molar-refractivity contribution in [1.29, 1.82) is 0 Å². The molecule has 2 N–H and O–H groups in total. The van der Waals surface area contributed by atoms with Gasteiger partial charge in [0.05, 0.1) is 6.54 Å². The first kappa shape index (κ1) is 12.4. The lowest BCUT2D eigenvalue weighted by Crippen LogP contribution is -2.19. The van der Waals surface area contributed by atoms with Gasteiger partial charge >= 0.3 is 0 Å². The Kier molecular flexibility index (Phi) is 6.06. The third-order valence-corrected chi connectivity index (χ3v) is 1.72. The molecule has 0 heterocycles. The molecule has 0 bridgehead atoms. The van der Waals surface area contributed by atoms with Crippen LogP contribution in [0, 0.1) is 12.3 Å². The third kappa shape index (κ3) is 5.96. The minimum Gasteiger partial charge on any atom is -0.385 e. The largest absolute Gasteiger partial charge is 0.385 e. The van der Waals surface area contributed by atoms with E-state index in [4.69, 9.17) is 6.42 Å².